The van der Waals surface area contributed by atoms with Crippen molar-refractivity contribution in [3.63, 3.8) is 0 Å². The van der Waals surface area contributed by atoms with Crippen molar-refractivity contribution >= 4 is 10.1 Å². The van der Waals surface area contributed by atoms with Crippen LogP contribution in [0.5, 0.6) is 0 Å². The highest BCUT2D eigenvalue weighted by molar-refractivity contribution is 7.86. The van der Waals surface area contributed by atoms with Crippen LogP contribution in [-0.2, 0) is 14.5 Å². The third kappa shape index (κ3) is 14.1. The summed E-state index contributed by atoms with van der Waals surface area (Å²) in [6.07, 6.45) is 14.3. The highest BCUT2D eigenvalue weighted by atomic mass is 32.2. The molecule has 19 heavy (non-hydrogen) atoms. The Bertz CT molecular complexity index is 275. The highest BCUT2D eigenvalue weighted by Crippen LogP contribution is 2.12. The Kier molecular flexibility index (Phi) is 12.8. The zero-order valence-corrected chi connectivity index (χ0v) is 13.1. The van der Waals surface area contributed by atoms with E-state index >= 15 is 0 Å². The van der Waals surface area contributed by atoms with Crippen LogP contribution in [-0.4, -0.2) is 19.4 Å². The van der Waals surface area contributed by atoms with Crippen LogP contribution < -0.4 is 0 Å². The van der Waals surface area contributed by atoms with E-state index in [-0.39, 0.29) is 5.75 Å². The van der Waals surface area contributed by atoms with Crippen molar-refractivity contribution in [3.05, 3.63) is 0 Å². The summed E-state index contributed by atoms with van der Waals surface area (Å²) in [5.74, 6) is -0.0824. The molecule has 0 aliphatic carbocycles. The lowest BCUT2D eigenvalue weighted by Gasteiger charge is -2.02. The van der Waals surface area contributed by atoms with Gasteiger partial charge in [-0.05, 0) is 6.42 Å². The molecule has 0 fully saturated rings. The number of hydrogen-bond acceptors (Lipinski definition) is 4. The van der Waals surface area contributed by atoms with Crippen molar-refractivity contribution in [2.24, 2.45) is 0 Å². The van der Waals surface area contributed by atoms with Crippen LogP contribution in [0.2, 0.25) is 0 Å². The molecule has 0 amide bonds. The van der Waals surface area contributed by atoms with Crippen molar-refractivity contribution < 1.29 is 18.0 Å². The van der Waals surface area contributed by atoms with Crippen molar-refractivity contribution in [1.82, 2.24) is 0 Å². The van der Waals surface area contributed by atoms with E-state index in [1.54, 1.807) is 0 Å². The lowest BCUT2D eigenvalue weighted by Crippen LogP contribution is -2.07. The fraction of sp³-hybridized carbons (Fsp3) is 1.00. The minimum Gasteiger partial charge on any atom is -0.235 e. The van der Waals surface area contributed by atoms with E-state index in [2.05, 4.69) is 11.3 Å². The van der Waals surface area contributed by atoms with Gasteiger partial charge in [-0.1, -0.05) is 77.6 Å². The van der Waals surface area contributed by atoms with E-state index in [0.29, 0.717) is 6.42 Å². The summed E-state index contributed by atoms with van der Waals surface area (Å²) in [6.45, 7) is 2.23. The van der Waals surface area contributed by atoms with Gasteiger partial charge in [0.2, 0.25) is 0 Å². The lowest BCUT2D eigenvalue weighted by molar-refractivity contribution is -0.130. The minimum absolute atomic E-state index is 0.0824. The Morgan fingerprint density at radius 1 is 0.737 bits per heavy atom. The molecule has 0 aromatic rings. The van der Waals surface area contributed by atoms with E-state index in [0.717, 1.165) is 12.8 Å². The van der Waals surface area contributed by atoms with E-state index in [9.17, 15) is 8.42 Å². The van der Waals surface area contributed by atoms with Gasteiger partial charge in [0, 0.05) is 0 Å². The maximum atomic E-state index is 10.8. The molecule has 0 saturated heterocycles. The Hall–Kier alpha value is -0.130. The first kappa shape index (κ1) is 18.9. The van der Waals surface area contributed by atoms with Gasteiger partial charge in [-0.15, -0.1) is 4.33 Å². The normalized spacial score (nSPS) is 11.9. The Morgan fingerprint density at radius 2 is 1.11 bits per heavy atom. The molecule has 4 nitrogen and oxygen atoms in total. The third-order valence-electron chi connectivity index (χ3n) is 3.36. The Labute approximate surface area is 118 Å². The van der Waals surface area contributed by atoms with Gasteiger partial charge in [0.15, 0.2) is 0 Å². The van der Waals surface area contributed by atoms with Crippen molar-refractivity contribution in [3.8, 4) is 0 Å². The molecule has 0 spiro atoms. The molecule has 0 heterocycles. The molecule has 116 valence electrons. The Balaban J connectivity index is 3.11. The molecule has 5 heteroatoms. The first-order valence-electron chi connectivity index (χ1n) is 7.68. The van der Waals surface area contributed by atoms with Crippen molar-refractivity contribution in [1.29, 1.82) is 0 Å². The smallest absolute Gasteiger partial charge is 0.235 e. The number of unbranched alkanes of at least 4 members (excludes halogenated alkanes) is 11. The van der Waals surface area contributed by atoms with Gasteiger partial charge in [0.05, 0.1) is 5.75 Å². The van der Waals surface area contributed by atoms with E-state index in [1.807, 2.05) is 0 Å². The molecule has 0 aromatic carbocycles. The maximum absolute atomic E-state index is 10.8. The summed E-state index contributed by atoms with van der Waals surface area (Å²) >= 11 is 0. The van der Waals surface area contributed by atoms with Gasteiger partial charge < -0.3 is 0 Å². The topological polar surface area (TPSA) is 63.6 Å². The average Bonchev–Trinajstić information content (AvgIpc) is 2.40. The van der Waals surface area contributed by atoms with Crippen LogP contribution >= 0.6 is 0 Å². The van der Waals surface area contributed by atoms with Gasteiger partial charge in [-0.2, -0.15) is 8.42 Å². The Morgan fingerprint density at radius 3 is 1.47 bits per heavy atom. The quantitative estimate of drug-likeness (QED) is 0.291. The van der Waals surface area contributed by atoms with Crippen molar-refractivity contribution in [2.45, 2.75) is 84.0 Å². The van der Waals surface area contributed by atoms with Crippen LogP contribution in [0.4, 0.5) is 0 Å². The van der Waals surface area contributed by atoms with E-state index in [1.165, 1.54) is 57.8 Å². The molecule has 0 unspecified atom stereocenters. The van der Waals surface area contributed by atoms with Gasteiger partial charge in [0.1, 0.15) is 0 Å². The van der Waals surface area contributed by atoms with E-state index in [4.69, 9.17) is 5.26 Å². The molecule has 0 aromatic heterocycles. The molecule has 0 aliphatic heterocycles. The molecular formula is C14H30O4S. The first-order chi connectivity index (χ1) is 9.12. The molecule has 1 N–H and O–H groups in total. The van der Waals surface area contributed by atoms with Crippen LogP contribution in [0.15, 0.2) is 0 Å². The molecular weight excluding hydrogens is 264 g/mol. The van der Waals surface area contributed by atoms with Gasteiger partial charge >= 0.3 is 0 Å². The molecule has 0 radical (unpaired) electrons. The second kappa shape index (κ2) is 12.9. The predicted molar refractivity (Wildman–Crippen MR) is 78.6 cm³/mol. The summed E-state index contributed by atoms with van der Waals surface area (Å²) in [5, 5.41) is 8.08. The third-order valence-corrected chi connectivity index (χ3v) is 4.38. The van der Waals surface area contributed by atoms with Crippen LogP contribution in [0.25, 0.3) is 0 Å². The monoisotopic (exact) mass is 294 g/mol. The van der Waals surface area contributed by atoms with Crippen LogP contribution in [0.1, 0.15) is 84.0 Å². The zero-order valence-electron chi connectivity index (χ0n) is 12.3. The first-order valence-corrected chi connectivity index (χ1v) is 9.26. The molecule has 0 bridgehead atoms. The van der Waals surface area contributed by atoms with E-state index < -0.39 is 10.1 Å². The average molecular weight is 294 g/mol. The fourth-order valence-electron chi connectivity index (χ4n) is 2.16. The van der Waals surface area contributed by atoms with Crippen LogP contribution in [0, 0.1) is 0 Å². The number of rotatable bonds is 14. The molecule has 0 saturated carbocycles. The molecule has 0 atom stereocenters. The molecule has 0 rings (SSSR count). The minimum atomic E-state index is -3.68. The largest absolute Gasteiger partial charge is 0.293 e. The summed E-state index contributed by atoms with van der Waals surface area (Å²) < 4.78 is 25.0. The summed E-state index contributed by atoms with van der Waals surface area (Å²) in [7, 11) is -3.68. The highest BCUT2D eigenvalue weighted by Gasteiger charge is 2.08. The predicted octanol–water partition coefficient (Wildman–Crippen LogP) is 4.51. The van der Waals surface area contributed by atoms with Gasteiger partial charge in [-0.25, -0.2) is 5.26 Å². The standard InChI is InChI=1S/C14H30O4S/c1-2-3-4-5-6-7-8-9-10-11-12-13-14-19(16,17)18-15/h15H,2-14H2,1H3. The summed E-state index contributed by atoms with van der Waals surface area (Å²) in [4.78, 5) is 0. The van der Waals surface area contributed by atoms with Crippen LogP contribution in [0.3, 0.4) is 0 Å². The SMILES string of the molecule is CCCCCCCCCCCCCCS(=O)(=O)OO. The van der Waals surface area contributed by atoms with Crippen molar-refractivity contribution in [2.75, 3.05) is 5.75 Å². The summed E-state index contributed by atoms with van der Waals surface area (Å²) in [5.41, 5.74) is 0. The fourth-order valence-corrected chi connectivity index (χ4v) is 2.79. The maximum Gasteiger partial charge on any atom is 0.293 e. The van der Waals surface area contributed by atoms with Gasteiger partial charge in [-0.3, -0.25) is 0 Å². The lowest BCUT2D eigenvalue weighted by atomic mass is 10.1. The molecule has 0 aliphatic rings. The number of hydrogen-bond donors (Lipinski definition) is 1. The zero-order chi connectivity index (χ0) is 14.4. The van der Waals surface area contributed by atoms with Gasteiger partial charge in [0.25, 0.3) is 10.1 Å². The second-order valence-electron chi connectivity index (χ2n) is 5.23. The summed E-state index contributed by atoms with van der Waals surface area (Å²) in [6, 6.07) is 0. The second-order valence-corrected chi connectivity index (χ2v) is 6.90.